The minimum absolute atomic E-state index is 0.0270. The molecule has 0 saturated carbocycles. The zero-order chi connectivity index (χ0) is 17.0. The number of aromatic nitrogens is 2. The largest absolute Gasteiger partial charge is 0.480 e. The van der Waals surface area contributed by atoms with Crippen LogP contribution in [0.5, 0.6) is 0 Å². The Morgan fingerprint density at radius 3 is 2.30 bits per heavy atom. The molecule has 0 fully saturated rings. The molecule has 0 spiro atoms. The van der Waals surface area contributed by atoms with Gasteiger partial charge in [0.05, 0.1) is 12.7 Å². The quantitative estimate of drug-likeness (QED) is 0.763. The van der Waals surface area contributed by atoms with Crippen LogP contribution < -0.4 is 0 Å². The van der Waals surface area contributed by atoms with E-state index in [-0.39, 0.29) is 18.7 Å². The van der Waals surface area contributed by atoms with Gasteiger partial charge in [-0.2, -0.15) is 5.10 Å². The topological polar surface area (TPSA) is 92.4 Å². The van der Waals surface area contributed by atoms with E-state index in [0.717, 1.165) is 5.56 Å². The predicted octanol–water partition coefficient (Wildman–Crippen LogP) is 2.18. The van der Waals surface area contributed by atoms with E-state index < -0.39 is 17.4 Å². The van der Waals surface area contributed by atoms with Crippen molar-refractivity contribution in [2.24, 2.45) is 5.41 Å². The highest BCUT2D eigenvalue weighted by Crippen LogP contribution is 2.28. The molecule has 0 saturated heterocycles. The fraction of sp³-hybridized carbons (Fsp3) is 0.312. The summed E-state index contributed by atoms with van der Waals surface area (Å²) in [5, 5.41) is 22.7. The van der Waals surface area contributed by atoms with Crippen molar-refractivity contribution in [2.45, 2.75) is 26.3 Å². The first-order valence-electron chi connectivity index (χ1n) is 7.10. The van der Waals surface area contributed by atoms with Crippen molar-refractivity contribution in [3.63, 3.8) is 0 Å². The molecule has 0 unspecified atom stereocenters. The molecule has 0 bridgehead atoms. The smallest absolute Gasteiger partial charge is 0.321 e. The molecule has 2 rings (SSSR count). The molecule has 122 valence electrons. The molecular weight excluding hydrogens is 303 g/mol. The molecule has 7 heteroatoms. The van der Waals surface area contributed by atoms with Gasteiger partial charge in [0.15, 0.2) is 5.41 Å². The normalized spacial score (nSPS) is 11.4. The fourth-order valence-electron chi connectivity index (χ4n) is 2.38. The second-order valence-corrected chi connectivity index (χ2v) is 5.40. The first-order chi connectivity index (χ1) is 10.9. The van der Waals surface area contributed by atoms with Crippen LogP contribution >= 0.6 is 0 Å². The van der Waals surface area contributed by atoms with Gasteiger partial charge in [0.25, 0.3) is 0 Å². The highest BCUT2D eigenvalue weighted by molar-refractivity contribution is 5.98. The fourth-order valence-corrected chi connectivity index (χ4v) is 2.38. The predicted molar refractivity (Wildman–Crippen MR) is 79.4 cm³/mol. The summed E-state index contributed by atoms with van der Waals surface area (Å²) in [6.07, 6.45) is 2.90. The van der Waals surface area contributed by atoms with Crippen molar-refractivity contribution in [2.75, 3.05) is 0 Å². The number of hydrogen-bond acceptors (Lipinski definition) is 3. The van der Waals surface area contributed by atoms with Gasteiger partial charge in [0, 0.05) is 12.6 Å². The summed E-state index contributed by atoms with van der Waals surface area (Å²) in [5.74, 6) is -3.05. The highest BCUT2D eigenvalue weighted by Gasteiger charge is 2.45. The Morgan fingerprint density at radius 2 is 1.78 bits per heavy atom. The van der Waals surface area contributed by atoms with Crippen LogP contribution in [0.3, 0.4) is 0 Å². The number of benzene rings is 1. The van der Waals surface area contributed by atoms with Crippen LogP contribution in [0.25, 0.3) is 0 Å². The zero-order valence-corrected chi connectivity index (χ0v) is 12.6. The van der Waals surface area contributed by atoms with E-state index in [0.29, 0.717) is 12.1 Å². The summed E-state index contributed by atoms with van der Waals surface area (Å²) in [7, 11) is 0. The number of rotatable bonds is 7. The molecule has 1 aromatic heterocycles. The van der Waals surface area contributed by atoms with Gasteiger partial charge in [0.2, 0.25) is 0 Å². The van der Waals surface area contributed by atoms with Gasteiger partial charge in [-0.3, -0.25) is 14.3 Å². The molecule has 1 aromatic carbocycles. The number of hydrogen-bond donors (Lipinski definition) is 2. The summed E-state index contributed by atoms with van der Waals surface area (Å²) in [6, 6.07) is 5.94. The van der Waals surface area contributed by atoms with Crippen LogP contribution in [-0.4, -0.2) is 31.9 Å². The molecule has 0 aliphatic rings. The second kappa shape index (κ2) is 6.60. The number of nitrogens with zero attached hydrogens (tertiary/aromatic N) is 2. The number of carboxylic acid groups (broad SMARTS) is 2. The molecule has 2 aromatic rings. The number of carboxylic acids is 2. The molecule has 0 radical (unpaired) electrons. The third-order valence-electron chi connectivity index (χ3n) is 3.87. The van der Waals surface area contributed by atoms with Gasteiger partial charge >= 0.3 is 11.9 Å². The van der Waals surface area contributed by atoms with E-state index in [4.69, 9.17) is 0 Å². The Morgan fingerprint density at radius 1 is 1.17 bits per heavy atom. The van der Waals surface area contributed by atoms with Crippen molar-refractivity contribution < 1.29 is 24.2 Å². The summed E-state index contributed by atoms with van der Waals surface area (Å²) in [6.45, 7) is 1.92. The van der Waals surface area contributed by atoms with E-state index in [1.165, 1.54) is 25.3 Å². The van der Waals surface area contributed by atoms with Crippen LogP contribution in [0.2, 0.25) is 0 Å². The molecule has 0 aliphatic carbocycles. The van der Waals surface area contributed by atoms with Crippen LogP contribution in [0, 0.1) is 11.2 Å². The van der Waals surface area contributed by atoms with Gasteiger partial charge in [-0.05, 0) is 29.7 Å². The Labute approximate surface area is 132 Å². The summed E-state index contributed by atoms with van der Waals surface area (Å²) >= 11 is 0. The lowest BCUT2D eigenvalue weighted by Gasteiger charge is -2.22. The van der Waals surface area contributed by atoms with Crippen molar-refractivity contribution in [1.29, 1.82) is 0 Å². The molecule has 6 nitrogen and oxygen atoms in total. The minimum Gasteiger partial charge on any atom is -0.480 e. The second-order valence-electron chi connectivity index (χ2n) is 5.40. The minimum atomic E-state index is -1.86. The summed E-state index contributed by atoms with van der Waals surface area (Å²) in [4.78, 5) is 22.8. The van der Waals surface area contributed by atoms with Gasteiger partial charge in [-0.15, -0.1) is 0 Å². The maximum Gasteiger partial charge on any atom is 0.321 e. The number of carbonyl (C=O) groups is 2. The van der Waals surface area contributed by atoms with Gasteiger partial charge in [0.1, 0.15) is 5.82 Å². The average molecular weight is 320 g/mol. The Hall–Kier alpha value is -2.70. The van der Waals surface area contributed by atoms with Crippen molar-refractivity contribution in [3.8, 4) is 0 Å². The summed E-state index contributed by atoms with van der Waals surface area (Å²) in [5.41, 5.74) is -0.498. The molecule has 1 heterocycles. The Bertz CT molecular complexity index is 695. The molecule has 0 aliphatic heterocycles. The van der Waals surface area contributed by atoms with Crippen molar-refractivity contribution in [3.05, 3.63) is 53.6 Å². The maximum atomic E-state index is 12.9. The van der Waals surface area contributed by atoms with Gasteiger partial charge < -0.3 is 10.2 Å². The lowest BCUT2D eigenvalue weighted by molar-refractivity contribution is -0.164. The van der Waals surface area contributed by atoms with Crippen molar-refractivity contribution >= 4 is 11.9 Å². The lowest BCUT2D eigenvalue weighted by atomic mass is 9.80. The maximum absolute atomic E-state index is 12.9. The van der Waals surface area contributed by atoms with E-state index in [9.17, 15) is 24.2 Å². The van der Waals surface area contributed by atoms with E-state index >= 15 is 0 Å². The SMILES string of the molecule is CCC(Cc1cnn(Cc2ccc(F)cc2)c1)(C(=O)O)C(=O)O. The van der Waals surface area contributed by atoms with Crippen LogP contribution in [0.1, 0.15) is 24.5 Å². The molecule has 0 atom stereocenters. The summed E-state index contributed by atoms with van der Waals surface area (Å²) < 4.78 is 14.4. The first-order valence-corrected chi connectivity index (χ1v) is 7.10. The Kier molecular flexibility index (Phi) is 4.78. The van der Waals surface area contributed by atoms with E-state index in [2.05, 4.69) is 5.10 Å². The number of halogens is 1. The van der Waals surface area contributed by atoms with E-state index in [1.807, 2.05) is 0 Å². The lowest BCUT2D eigenvalue weighted by Crippen LogP contribution is -2.40. The zero-order valence-electron chi connectivity index (χ0n) is 12.6. The highest BCUT2D eigenvalue weighted by atomic mass is 19.1. The third kappa shape index (κ3) is 3.56. The van der Waals surface area contributed by atoms with Crippen LogP contribution in [-0.2, 0) is 22.6 Å². The molecular formula is C16H17FN2O4. The third-order valence-corrected chi connectivity index (χ3v) is 3.87. The monoisotopic (exact) mass is 320 g/mol. The molecule has 2 N–H and O–H groups in total. The first kappa shape index (κ1) is 16.7. The Balaban J connectivity index is 2.16. The standard InChI is InChI=1S/C16H17FN2O4/c1-2-16(14(20)21,15(22)23)7-12-8-18-19(10-12)9-11-3-5-13(17)6-4-11/h3-6,8,10H,2,7,9H2,1H3,(H,20,21)(H,22,23). The van der Waals surface area contributed by atoms with Crippen molar-refractivity contribution in [1.82, 2.24) is 9.78 Å². The van der Waals surface area contributed by atoms with Gasteiger partial charge in [-0.1, -0.05) is 19.1 Å². The molecule has 0 amide bonds. The van der Waals surface area contributed by atoms with Gasteiger partial charge in [-0.25, -0.2) is 4.39 Å². The van der Waals surface area contributed by atoms with Crippen LogP contribution in [0.4, 0.5) is 4.39 Å². The van der Waals surface area contributed by atoms with Crippen LogP contribution in [0.15, 0.2) is 36.7 Å². The van der Waals surface area contributed by atoms with E-state index in [1.54, 1.807) is 23.0 Å². The molecule has 23 heavy (non-hydrogen) atoms. The number of aliphatic carboxylic acids is 2. The average Bonchev–Trinajstić information content (AvgIpc) is 2.93.